The van der Waals surface area contributed by atoms with Crippen LogP contribution in [0.2, 0.25) is 0 Å². The second kappa shape index (κ2) is 4.89. The molecule has 0 aliphatic rings. The lowest BCUT2D eigenvalue weighted by atomic mass is 10.1. The summed E-state index contributed by atoms with van der Waals surface area (Å²) in [5.41, 5.74) is 1.84. The molecule has 0 saturated carbocycles. The maximum Gasteiger partial charge on any atom is 0.177 e. The van der Waals surface area contributed by atoms with Gasteiger partial charge in [0.2, 0.25) is 0 Å². The number of nitrogens with one attached hydrogen (secondary N) is 1. The van der Waals surface area contributed by atoms with Crippen molar-refractivity contribution >= 4 is 20.9 Å². The highest BCUT2D eigenvalue weighted by atomic mass is 32.2. The number of fused-ring (bicyclic) bond motifs is 1. The number of aromatic hydroxyl groups is 1. The molecule has 0 amide bonds. The monoisotopic (exact) mass is 302 g/mol. The van der Waals surface area contributed by atoms with Gasteiger partial charge in [-0.05, 0) is 18.2 Å². The number of sulfone groups is 1. The molecule has 0 spiro atoms. The summed E-state index contributed by atoms with van der Waals surface area (Å²) in [5, 5.41) is 9.79. The minimum atomic E-state index is -3.33. The fourth-order valence-electron chi connectivity index (χ4n) is 2.28. The Balaban J connectivity index is 2.08. The van der Waals surface area contributed by atoms with Crippen molar-refractivity contribution in [2.45, 2.75) is 11.3 Å². The molecular weight excluding hydrogens is 288 g/mol. The number of rotatable bonds is 3. The number of benzene rings is 2. The first-order valence-corrected chi connectivity index (χ1v) is 8.29. The average Bonchev–Trinajstić information content (AvgIpc) is 2.82. The van der Waals surface area contributed by atoms with E-state index in [-0.39, 0.29) is 10.6 Å². The molecule has 6 heteroatoms. The lowest BCUT2D eigenvalue weighted by Crippen LogP contribution is -1.98. The Labute approximate surface area is 122 Å². The Bertz CT molecular complexity index is 914. The maximum atomic E-state index is 11.8. The molecular formula is C15H14N2O3S. The van der Waals surface area contributed by atoms with Crippen LogP contribution in [-0.2, 0) is 16.3 Å². The standard InChI is InChI=1S/C15H14N2O3S/c1-21(19,20)13-8-4-6-11-15(13)17-14(16-11)9-10-5-2-3-7-12(10)18/h2-8,18H,9H2,1H3,(H,16,17). The van der Waals surface area contributed by atoms with Crippen LogP contribution in [0.5, 0.6) is 5.75 Å². The molecule has 3 rings (SSSR count). The van der Waals surface area contributed by atoms with Crippen molar-refractivity contribution in [3.63, 3.8) is 0 Å². The normalized spacial score (nSPS) is 11.9. The van der Waals surface area contributed by atoms with Crippen molar-refractivity contribution in [1.82, 2.24) is 9.97 Å². The number of hydrogen-bond acceptors (Lipinski definition) is 4. The van der Waals surface area contributed by atoms with Gasteiger partial charge in [0.15, 0.2) is 9.84 Å². The number of aromatic amines is 1. The second-order valence-electron chi connectivity index (χ2n) is 4.91. The van der Waals surface area contributed by atoms with Crippen molar-refractivity contribution in [3.8, 4) is 5.75 Å². The number of H-pyrrole nitrogens is 1. The van der Waals surface area contributed by atoms with Crippen molar-refractivity contribution < 1.29 is 13.5 Å². The van der Waals surface area contributed by atoms with Gasteiger partial charge in [-0.1, -0.05) is 24.3 Å². The zero-order chi connectivity index (χ0) is 15.0. The minimum absolute atomic E-state index is 0.196. The molecule has 0 unspecified atom stereocenters. The van der Waals surface area contributed by atoms with E-state index < -0.39 is 9.84 Å². The molecule has 1 heterocycles. The van der Waals surface area contributed by atoms with E-state index in [1.165, 1.54) is 6.26 Å². The van der Waals surface area contributed by atoms with Gasteiger partial charge in [0.05, 0.1) is 10.4 Å². The molecule has 2 N–H and O–H groups in total. The molecule has 1 aromatic heterocycles. The Morgan fingerprint density at radius 2 is 1.90 bits per heavy atom. The summed E-state index contributed by atoms with van der Waals surface area (Å²) in [7, 11) is -3.33. The van der Waals surface area contributed by atoms with Gasteiger partial charge in [0, 0.05) is 18.2 Å². The van der Waals surface area contributed by atoms with Gasteiger partial charge in [-0.15, -0.1) is 0 Å². The Kier molecular flexibility index (Phi) is 3.17. The van der Waals surface area contributed by atoms with Crippen LogP contribution in [-0.4, -0.2) is 29.7 Å². The number of aromatic nitrogens is 2. The fourth-order valence-corrected chi connectivity index (χ4v) is 3.11. The van der Waals surface area contributed by atoms with Crippen LogP contribution in [0.25, 0.3) is 11.0 Å². The number of phenols is 1. The van der Waals surface area contributed by atoms with Gasteiger partial charge in [0.1, 0.15) is 17.1 Å². The zero-order valence-electron chi connectivity index (χ0n) is 11.4. The second-order valence-corrected chi connectivity index (χ2v) is 6.90. The molecule has 0 saturated heterocycles. The Morgan fingerprint density at radius 3 is 2.62 bits per heavy atom. The first-order chi connectivity index (χ1) is 9.95. The van der Waals surface area contributed by atoms with Crippen LogP contribution >= 0.6 is 0 Å². The van der Waals surface area contributed by atoms with E-state index in [0.717, 1.165) is 5.56 Å². The molecule has 0 aliphatic heterocycles. The zero-order valence-corrected chi connectivity index (χ0v) is 12.2. The summed E-state index contributed by atoms with van der Waals surface area (Å²) < 4.78 is 23.5. The first kappa shape index (κ1) is 13.6. The van der Waals surface area contributed by atoms with Crippen molar-refractivity contribution in [3.05, 3.63) is 53.9 Å². The van der Waals surface area contributed by atoms with E-state index in [0.29, 0.717) is 23.3 Å². The summed E-state index contributed by atoms with van der Waals surface area (Å²) in [6.45, 7) is 0. The number of phenolic OH excluding ortho intramolecular Hbond substituents is 1. The van der Waals surface area contributed by atoms with E-state index in [1.54, 1.807) is 36.4 Å². The van der Waals surface area contributed by atoms with Crippen LogP contribution in [0.1, 0.15) is 11.4 Å². The number of hydrogen-bond donors (Lipinski definition) is 2. The van der Waals surface area contributed by atoms with E-state index in [1.807, 2.05) is 6.07 Å². The summed E-state index contributed by atoms with van der Waals surface area (Å²) in [4.78, 5) is 7.67. The molecule has 0 fully saturated rings. The van der Waals surface area contributed by atoms with Crippen molar-refractivity contribution in [2.75, 3.05) is 6.26 Å². The van der Waals surface area contributed by atoms with Gasteiger partial charge < -0.3 is 10.1 Å². The highest BCUT2D eigenvalue weighted by Gasteiger charge is 2.15. The molecule has 2 aromatic carbocycles. The van der Waals surface area contributed by atoms with Gasteiger partial charge in [-0.25, -0.2) is 13.4 Å². The van der Waals surface area contributed by atoms with Gasteiger partial charge >= 0.3 is 0 Å². The van der Waals surface area contributed by atoms with E-state index in [4.69, 9.17) is 0 Å². The van der Waals surface area contributed by atoms with Crippen LogP contribution in [0, 0.1) is 0 Å². The van der Waals surface area contributed by atoms with Gasteiger partial charge in [-0.2, -0.15) is 0 Å². The summed E-state index contributed by atoms with van der Waals surface area (Å²) in [6.07, 6.45) is 1.57. The first-order valence-electron chi connectivity index (χ1n) is 6.40. The van der Waals surface area contributed by atoms with Crippen LogP contribution in [0.3, 0.4) is 0 Å². The highest BCUT2D eigenvalue weighted by molar-refractivity contribution is 7.91. The molecule has 0 atom stereocenters. The predicted molar refractivity (Wildman–Crippen MR) is 80.1 cm³/mol. The molecule has 3 aromatic rings. The fraction of sp³-hybridized carbons (Fsp3) is 0.133. The number of imidazole rings is 1. The molecule has 0 radical (unpaired) electrons. The summed E-state index contributed by atoms with van der Waals surface area (Å²) in [6, 6.07) is 12.0. The van der Waals surface area contributed by atoms with Crippen molar-refractivity contribution in [1.29, 1.82) is 0 Å². The third kappa shape index (κ3) is 2.62. The third-order valence-corrected chi connectivity index (χ3v) is 4.40. The Hall–Kier alpha value is -2.34. The average molecular weight is 302 g/mol. The minimum Gasteiger partial charge on any atom is -0.508 e. The lowest BCUT2D eigenvalue weighted by molar-refractivity contribution is 0.469. The SMILES string of the molecule is CS(=O)(=O)c1cccc2[nH]c(Cc3ccccc3O)nc12. The third-order valence-electron chi connectivity index (χ3n) is 3.27. The Morgan fingerprint density at radius 1 is 1.14 bits per heavy atom. The summed E-state index contributed by atoms with van der Waals surface area (Å²) in [5.74, 6) is 0.809. The predicted octanol–water partition coefficient (Wildman–Crippen LogP) is 2.26. The van der Waals surface area contributed by atoms with Gasteiger partial charge in [-0.3, -0.25) is 0 Å². The molecule has 0 aliphatic carbocycles. The largest absolute Gasteiger partial charge is 0.508 e. The molecule has 21 heavy (non-hydrogen) atoms. The lowest BCUT2D eigenvalue weighted by Gasteiger charge is -2.00. The van der Waals surface area contributed by atoms with Gasteiger partial charge in [0.25, 0.3) is 0 Å². The number of nitrogens with zero attached hydrogens (tertiary/aromatic N) is 1. The van der Waals surface area contributed by atoms with Crippen LogP contribution in [0.4, 0.5) is 0 Å². The van der Waals surface area contributed by atoms with Crippen LogP contribution in [0.15, 0.2) is 47.4 Å². The summed E-state index contributed by atoms with van der Waals surface area (Å²) >= 11 is 0. The van der Waals surface area contributed by atoms with Crippen LogP contribution < -0.4 is 0 Å². The molecule has 5 nitrogen and oxygen atoms in total. The van der Waals surface area contributed by atoms with E-state index in [2.05, 4.69) is 9.97 Å². The van der Waals surface area contributed by atoms with E-state index in [9.17, 15) is 13.5 Å². The van der Waals surface area contributed by atoms with E-state index >= 15 is 0 Å². The quantitative estimate of drug-likeness (QED) is 0.777. The molecule has 108 valence electrons. The number of para-hydroxylation sites is 2. The van der Waals surface area contributed by atoms with Crippen molar-refractivity contribution in [2.24, 2.45) is 0 Å². The maximum absolute atomic E-state index is 11.8. The molecule has 0 bridgehead atoms. The topological polar surface area (TPSA) is 83.0 Å². The smallest absolute Gasteiger partial charge is 0.177 e. The highest BCUT2D eigenvalue weighted by Crippen LogP contribution is 2.23.